The minimum atomic E-state index is -3.83. The predicted molar refractivity (Wildman–Crippen MR) is 104 cm³/mol. The Morgan fingerprint density at radius 1 is 1.07 bits per heavy atom. The summed E-state index contributed by atoms with van der Waals surface area (Å²) in [5, 5.41) is 3.76. The summed E-state index contributed by atoms with van der Waals surface area (Å²) < 4.78 is 31.4. The van der Waals surface area contributed by atoms with E-state index in [9.17, 15) is 18.0 Å². The summed E-state index contributed by atoms with van der Waals surface area (Å²) in [7, 11) is 0.0196. The first-order valence-electron chi connectivity index (χ1n) is 8.91. The van der Waals surface area contributed by atoms with E-state index >= 15 is 0 Å². The van der Waals surface area contributed by atoms with Gasteiger partial charge in [0.05, 0.1) is 38.3 Å². The van der Waals surface area contributed by atoms with Crippen LogP contribution in [0.15, 0.2) is 52.0 Å². The van der Waals surface area contributed by atoms with Gasteiger partial charge in [-0.25, -0.2) is 8.42 Å². The van der Waals surface area contributed by atoms with Gasteiger partial charge in [-0.2, -0.15) is 0 Å². The van der Waals surface area contributed by atoms with Gasteiger partial charge in [-0.15, -0.1) is 0 Å². The third kappa shape index (κ3) is 5.67. The summed E-state index contributed by atoms with van der Waals surface area (Å²) in [4.78, 5) is 25.2. The Hall–Kier alpha value is -2.65. The van der Waals surface area contributed by atoms with E-state index in [1.165, 1.54) is 24.5 Å². The van der Waals surface area contributed by atoms with Gasteiger partial charge >= 0.3 is 11.8 Å². The van der Waals surface area contributed by atoms with Crippen molar-refractivity contribution >= 4 is 21.7 Å². The molecular formula is C19H26N3O5S+. The largest absolute Gasteiger partial charge is 0.468 e. The van der Waals surface area contributed by atoms with Crippen molar-refractivity contribution in [2.75, 3.05) is 33.7 Å². The molecule has 0 aliphatic heterocycles. The van der Waals surface area contributed by atoms with Crippen LogP contribution in [0.5, 0.6) is 0 Å². The van der Waals surface area contributed by atoms with E-state index in [1.807, 2.05) is 21.0 Å². The summed E-state index contributed by atoms with van der Waals surface area (Å²) in [6.45, 7) is 2.58. The van der Waals surface area contributed by atoms with Crippen molar-refractivity contribution in [1.82, 2.24) is 10.6 Å². The lowest BCUT2D eigenvalue weighted by Gasteiger charge is -2.17. The molecule has 1 aromatic carbocycles. The van der Waals surface area contributed by atoms with Crippen molar-refractivity contribution < 1.29 is 27.3 Å². The van der Waals surface area contributed by atoms with Gasteiger partial charge in [-0.3, -0.25) is 9.59 Å². The summed E-state index contributed by atoms with van der Waals surface area (Å²) >= 11 is 0. The maximum Gasteiger partial charge on any atom is 0.309 e. The average molecular weight is 409 g/mol. The van der Waals surface area contributed by atoms with Crippen LogP contribution in [0.3, 0.4) is 0 Å². The van der Waals surface area contributed by atoms with Crippen LogP contribution in [-0.2, 0) is 19.4 Å². The molecule has 1 atom stereocenters. The lowest BCUT2D eigenvalue weighted by molar-refractivity contribution is -0.856. The zero-order chi connectivity index (χ0) is 20.7. The fourth-order valence-electron chi connectivity index (χ4n) is 2.50. The van der Waals surface area contributed by atoms with Crippen LogP contribution in [0, 0.1) is 6.92 Å². The maximum absolute atomic E-state index is 13.1. The van der Waals surface area contributed by atoms with Crippen LogP contribution >= 0.6 is 0 Å². The van der Waals surface area contributed by atoms with Crippen LogP contribution in [0.2, 0.25) is 0 Å². The molecule has 2 amide bonds. The molecule has 0 bridgehead atoms. The zero-order valence-corrected chi connectivity index (χ0v) is 17.0. The van der Waals surface area contributed by atoms with Crippen LogP contribution in [0.1, 0.15) is 16.6 Å². The van der Waals surface area contributed by atoms with Gasteiger partial charge in [-0.05, 0) is 31.2 Å². The van der Waals surface area contributed by atoms with Crippen molar-refractivity contribution in [1.29, 1.82) is 0 Å². The number of amides is 2. The minimum absolute atomic E-state index is 0.118. The number of rotatable bonds is 8. The van der Waals surface area contributed by atoms with Crippen LogP contribution in [0.4, 0.5) is 0 Å². The van der Waals surface area contributed by atoms with E-state index in [0.717, 1.165) is 10.5 Å². The van der Waals surface area contributed by atoms with Gasteiger partial charge in [0.1, 0.15) is 11.0 Å². The molecule has 0 unspecified atom stereocenters. The van der Waals surface area contributed by atoms with Gasteiger partial charge in [-0.1, -0.05) is 17.7 Å². The molecule has 28 heavy (non-hydrogen) atoms. The Kier molecular flexibility index (Phi) is 7.36. The minimum Gasteiger partial charge on any atom is -0.468 e. The second-order valence-electron chi connectivity index (χ2n) is 6.79. The quantitative estimate of drug-likeness (QED) is 0.509. The highest BCUT2D eigenvalue weighted by Crippen LogP contribution is 2.29. The number of carbonyl (C=O) groups excluding carboxylic acids is 2. The van der Waals surface area contributed by atoms with Crippen molar-refractivity contribution in [3.05, 3.63) is 54.0 Å². The van der Waals surface area contributed by atoms with Crippen molar-refractivity contribution in [3.63, 3.8) is 0 Å². The number of carbonyl (C=O) groups is 2. The van der Waals surface area contributed by atoms with Crippen molar-refractivity contribution in [3.8, 4) is 0 Å². The number of benzene rings is 1. The van der Waals surface area contributed by atoms with Gasteiger partial charge in [0, 0.05) is 6.54 Å². The van der Waals surface area contributed by atoms with Crippen LogP contribution in [-0.4, -0.2) is 54.0 Å². The number of aryl methyl sites for hydroxylation is 1. The highest BCUT2D eigenvalue weighted by atomic mass is 32.2. The summed E-state index contributed by atoms with van der Waals surface area (Å²) in [5.41, 5.74) is 0.929. The molecule has 8 nitrogen and oxygen atoms in total. The van der Waals surface area contributed by atoms with Crippen molar-refractivity contribution in [2.45, 2.75) is 17.1 Å². The van der Waals surface area contributed by atoms with E-state index in [4.69, 9.17) is 4.42 Å². The normalized spacial score (nSPS) is 12.6. The third-order valence-electron chi connectivity index (χ3n) is 4.15. The number of hydrogen-bond acceptors (Lipinski definition) is 5. The smallest absolute Gasteiger partial charge is 0.309 e. The van der Waals surface area contributed by atoms with Gasteiger partial charge in [0.25, 0.3) is 0 Å². The summed E-state index contributed by atoms with van der Waals surface area (Å²) in [6.07, 6.45) is 1.37. The number of nitrogens with one attached hydrogen (secondary N) is 3. The first kappa shape index (κ1) is 21.6. The topological polar surface area (TPSA) is 110 Å². The molecule has 1 heterocycles. The van der Waals surface area contributed by atoms with E-state index in [2.05, 4.69) is 10.6 Å². The molecule has 0 saturated heterocycles. The zero-order valence-electron chi connectivity index (χ0n) is 16.2. The molecule has 2 aromatic rings. The van der Waals surface area contributed by atoms with E-state index in [-0.39, 0.29) is 17.2 Å². The molecule has 1 aromatic heterocycles. The highest BCUT2D eigenvalue weighted by Gasteiger charge is 2.32. The second kappa shape index (κ2) is 9.52. The van der Waals surface area contributed by atoms with Gasteiger partial charge < -0.3 is 20.0 Å². The standard InChI is InChI=1S/C19H25N3O5S/c1-14-6-8-15(9-7-14)28(25,26)17(16-5-4-12-27-16)13-21-19(24)18(23)20-10-11-22(2)3/h4-9,12,17H,10-11,13H2,1-3H3,(H,20,23)(H,21,24)/p+1/t17-/m0/s1. The molecule has 0 saturated carbocycles. The predicted octanol–water partition coefficient (Wildman–Crippen LogP) is -0.520. The van der Waals surface area contributed by atoms with E-state index in [1.54, 1.807) is 18.2 Å². The number of quaternary nitrogens is 1. The number of furan rings is 1. The first-order valence-corrected chi connectivity index (χ1v) is 10.5. The molecule has 0 spiro atoms. The highest BCUT2D eigenvalue weighted by molar-refractivity contribution is 7.91. The molecule has 0 aliphatic rings. The number of likely N-dealkylation sites (N-methyl/N-ethyl adjacent to an activating group) is 1. The lowest BCUT2D eigenvalue weighted by atomic mass is 10.2. The molecule has 152 valence electrons. The fraction of sp³-hybridized carbons (Fsp3) is 0.368. The van der Waals surface area contributed by atoms with E-state index < -0.39 is 26.9 Å². The molecule has 2 rings (SSSR count). The first-order chi connectivity index (χ1) is 13.2. The average Bonchev–Trinajstić information content (AvgIpc) is 3.15. The fourth-order valence-corrected chi connectivity index (χ4v) is 4.09. The molecule has 0 fully saturated rings. The third-order valence-corrected chi connectivity index (χ3v) is 6.23. The Balaban J connectivity index is 2.11. The second-order valence-corrected chi connectivity index (χ2v) is 8.92. The monoisotopic (exact) mass is 408 g/mol. The number of sulfone groups is 1. The summed E-state index contributed by atoms with van der Waals surface area (Å²) in [6, 6.07) is 9.53. The van der Waals surface area contributed by atoms with E-state index in [0.29, 0.717) is 13.1 Å². The van der Waals surface area contributed by atoms with Gasteiger partial charge in [0.2, 0.25) is 0 Å². The molecule has 0 aliphatic carbocycles. The Morgan fingerprint density at radius 2 is 1.71 bits per heavy atom. The van der Waals surface area contributed by atoms with Crippen LogP contribution in [0.25, 0.3) is 0 Å². The maximum atomic E-state index is 13.1. The Labute approximate surface area is 164 Å². The summed E-state index contributed by atoms with van der Waals surface area (Å²) in [5.74, 6) is -1.49. The Morgan fingerprint density at radius 3 is 2.29 bits per heavy atom. The molecule has 9 heteroatoms. The van der Waals surface area contributed by atoms with Crippen molar-refractivity contribution in [2.24, 2.45) is 0 Å². The molecule has 0 radical (unpaired) electrons. The number of hydrogen-bond donors (Lipinski definition) is 3. The lowest BCUT2D eigenvalue weighted by Crippen LogP contribution is -3.06. The van der Waals surface area contributed by atoms with Crippen LogP contribution < -0.4 is 15.5 Å². The molecule has 3 N–H and O–H groups in total. The molecular weight excluding hydrogens is 382 g/mol. The Bertz CT molecular complexity index is 890. The SMILES string of the molecule is Cc1ccc(S(=O)(=O)[C@@H](CNC(=O)C(=O)NCC[NH+](C)C)c2ccco2)cc1. The van der Waals surface area contributed by atoms with Gasteiger partial charge in [0.15, 0.2) is 9.84 Å².